The van der Waals surface area contributed by atoms with Crippen LogP contribution in [0.3, 0.4) is 0 Å². The fourth-order valence-corrected chi connectivity index (χ4v) is 3.64. The smallest absolute Gasteiger partial charge is 0.321 e. The second-order valence-corrected chi connectivity index (χ2v) is 8.28. The number of rotatable bonds is 5. The molecule has 1 saturated carbocycles. The van der Waals surface area contributed by atoms with Crippen molar-refractivity contribution in [1.29, 1.82) is 5.26 Å². The van der Waals surface area contributed by atoms with E-state index in [1.807, 2.05) is 42.2 Å². The summed E-state index contributed by atoms with van der Waals surface area (Å²) in [7, 11) is 0. The van der Waals surface area contributed by atoms with Gasteiger partial charge in [0.15, 0.2) is 0 Å². The highest BCUT2D eigenvalue weighted by Gasteiger charge is 2.25. The number of urea groups is 1. The molecule has 2 aromatic carbocycles. The lowest BCUT2D eigenvalue weighted by Gasteiger charge is -2.34. The number of nitriles is 1. The zero-order valence-corrected chi connectivity index (χ0v) is 17.7. The van der Waals surface area contributed by atoms with Crippen LogP contribution in [0, 0.1) is 18.3 Å². The van der Waals surface area contributed by atoms with Crippen molar-refractivity contribution in [1.82, 2.24) is 15.1 Å². The Morgan fingerprint density at radius 2 is 1.77 bits per heavy atom. The van der Waals surface area contributed by atoms with E-state index in [1.54, 1.807) is 12.1 Å². The van der Waals surface area contributed by atoms with E-state index in [0.717, 1.165) is 43.6 Å². The summed E-state index contributed by atoms with van der Waals surface area (Å²) in [5.74, 6) is -0.0885. The highest BCUT2D eigenvalue weighted by molar-refractivity contribution is 5.97. The average molecular weight is 418 g/mol. The molecule has 0 aromatic heterocycles. The van der Waals surface area contributed by atoms with Crippen LogP contribution in [0.5, 0.6) is 0 Å². The van der Waals surface area contributed by atoms with Gasteiger partial charge in [-0.05, 0) is 55.2 Å². The lowest BCUT2D eigenvalue weighted by molar-refractivity contribution is 0.0951. The number of anilines is 1. The van der Waals surface area contributed by atoms with Gasteiger partial charge in [0.05, 0.1) is 11.6 Å². The first-order valence-corrected chi connectivity index (χ1v) is 10.7. The van der Waals surface area contributed by atoms with Gasteiger partial charge in [-0.15, -0.1) is 0 Å². The first-order valence-electron chi connectivity index (χ1n) is 10.7. The molecule has 31 heavy (non-hydrogen) atoms. The van der Waals surface area contributed by atoms with E-state index < -0.39 is 0 Å². The standard InChI is InChI=1S/C24H27N5O2/c1-17-2-7-20(23(30)26-21-8-9-21)14-22(17)27-24(31)29-12-10-28(11-13-29)16-19-5-3-18(15-25)4-6-19/h2-7,14,21H,8-13,16H2,1H3,(H,26,30)(H,27,31). The zero-order chi connectivity index (χ0) is 21.8. The second kappa shape index (κ2) is 9.19. The van der Waals surface area contributed by atoms with Gasteiger partial charge in [0.1, 0.15) is 0 Å². The Morgan fingerprint density at radius 1 is 1.06 bits per heavy atom. The Balaban J connectivity index is 1.30. The molecule has 4 rings (SSSR count). The van der Waals surface area contributed by atoms with Gasteiger partial charge < -0.3 is 15.5 Å². The number of carbonyl (C=O) groups is 2. The van der Waals surface area contributed by atoms with Gasteiger partial charge in [-0.2, -0.15) is 5.26 Å². The Morgan fingerprint density at radius 3 is 2.42 bits per heavy atom. The Kier molecular flexibility index (Phi) is 6.19. The van der Waals surface area contributed by atoms with Gasteiger partial charge in [0.25, 0.3) is 5.91 Å². The van der Waals surface area contributed by atoms with Crippen LogP contribution in [-0.2, 0) is 6.54 Å². The largest absolute Gasteiger partial charge is 0.349 e. The lowest BCUT2D eigenvalue weighted by Crippen LogP contribution is -2.49. The summed E-state index contributed by atoms with van der Waals surface area (Å²) in [6, 6.07) is 15.3. The molecule has 1 aliphatic carbocycles. The third kappa shape index (κ3) is 5.41. The molecule has 0 spiro atoms. The Labute approximate surface area is 182 Å². The summed E-state index contributed by atoms with van der Waals surface area (Å²) in [4.78, 5) is 29.2. The number of piperazine rings is 1. The van der Waals surface area contributed by atoms with Crippen LogP contribution in [0.15, 0.2) is 42.5 Å². The number of amides is 3. The maximum Gasteiger partial charge on any atom is 0.321 e. The van der Waals surface area contributed by atoms with E-state index in [0.29, 0.717) is 35.9 Å². The van der Waals surface area contributed by atoms with Gasteiger partial charge in [-0.1, -0.05) is 18.2 Å². The van der Waals surface area contributed by atoms with E-state index >= 15 is 0 Å². The molecule has 0 radical (unpaired) electrons. The number of nitrogens with one attached hydrogen (secondary N) is 2. The third-order valence-corrected chi connectivity index (χ3v) is 5.80. The SMILES string of the molecule is Cc1ccc(C(=O)NC2CC2)cc1NC(=O)N1CCN(Cc2ccc(C#N)cc2)CC1. The van der Waals surface area contributed by atoms with Crippen LogP contribution in [0.25, 0.3) is 0 Å². The van der Waals surface area contributed by atoms with Crippen molar-refractivity contribution in [2.45, 2.75) is 32.4 Å². The van der Waals surface area contributed by atoms with Crippen molar-refractivity contribution >= 4 is 17.6 Å². The fourth-order valence-electron chi connectivity index (χ4n) is 3.64. The third-order valence-electron chi connectivity index (χ3n) is 5.80. The maximum absolute atomic E-state index is 12.8. The molecule has 2 N–H and O–H groups in total. The summed E-state index contributed by atoms with van der Waals surface area (Å²) in [5, 5.41) is 14.9. The van der Waals surface area contributed by atoms with Crippen molar-refractivity contribution in [2.24, 2.45) is 0 Å². The number of carbonyl (C=O) groups excluding carboxylic acids is 2. The Bertz CT molecular complexity index is 1000. The minimum atomic E-state index is -0.138. The van der Waals surface area contributed by atoms with Gasteiger partial charge >= 0.3 is 6.03 Å². The monoisotopic (exact) mass is 417 g/mol. The molecular formula is C24H27N5O2. The molecule has 1 saturated heterocycles. The maximum atomic E-state index is 12.8. The number of nitrogens with zero attached hydrogens (tertiary/aromatic N) is 3. The molecule has 1 aliphatic heterocycles. The average Bonchev–Trinajstić information content (AvgIpc) is 3.60. The fraction of sp³-hybridized carbons (Fsp3) is 0.375. The summed E-state index contributed by atoms with van der Waals surface area (Å²) in [6.07, 6.45) is 2.08. The number of benzene rings is 2. The van der Waals surface area contributed by atoms with Gasteiger partial charge in [0, 0.05) is 50.0 Å². The van der Waals surface area contributed by atoms with Crippen LogP contribution in [0.2, 0.25) is 0 Å². The first kappa shape index (κ1) is 20.9. The molecule has 7 nitrogen and oxygen atoms in total. The molecule has 160 valence electrons. The van der Waals surface area contributed by atoms with E-state index in [4.69, 9.17) is 5.26 Å². The van der Waals surface area contributed by atoms with Crippen LogP contribution in [0.1, 0.15) is 39.9 Å². The second-order valence-electron chi connectivity index (χ2n) is 8.28. The van der Waals surface area contributed by atoms with Crippen molar-refractivity contribution in [3.05, 3.63) is 64.7 Å². The molecule has 0 bridgehead atoms. The molecular weight excluding hydrogens is 390 g/mol. The van der Waals surface area contributed by atoms with Crippen molar-refractivity contribution in [3.63, 3.8) is 0 Å². The van der Waals surface area contributed by atoms with Gasteiger partial charge in [-0.3, -0.25) is 9.69 Å². The number of hydrogen-bond donors (Lipinski definition) is 2. The first-order chi connectivity index (χ1) is 15.0. The molecule has 2 aliphatic rings. The predicted octanol–water partition coefficient (Wildman–Crippen LogP) is 3.11. The number of aryl methyl sites for hydroxylation is 1. The van der Waals surface area contributed by atoms with Crippen LogP contribution in [0.4, 0.5) is 10.5 Å². The molecule has 1 heterocycles. The molecule has 2 aromatic rings. The molecule has 0 atom stereocenters. The lowest BCUT2D eigenvalue weighted by atomic mass is 10.1. The van der Waals surface area contributed by atoms with Crippen LogP contribution >= 0.6 is 0 Å². The topological polar surface area (TPSA) is 88.5 Å². The normalized spacial score (nSPS) is 16.5. The van der Waals surface area contributed by atoms with Crippen molar-refractivity contribution < 1.29 is 9.59 Å². The van der Waals surface area contributed by atoms with Gasteiger partial charge in [-0.25, -0.2) is 4.79 Å². The highest BCUT2D eigenvalue weighted by Crippen LogP contribution is 2.22. The minimum Gasteiger partial charge on any atom is -0.349 e. The molecule has 0 unspecified atom stereocenters. The van der Waals surface area contributed by atoms with Crippen molar-refractivity contribution in [3.8, 4) is 6.07 Å². The zero-order valence-electron chi connectivity index (χ0n) is 17.7. The highest BCUT2D eigenvalue weighted by atomic mass is 16.2. The van der Waals surface area contributed by atoms with Crippen LogP contribution < -0.4 is 10.6 Å². The van der Waals surface area contributed by atoms with Crippen molar-refractivity contribution in [2.75, 3.05) is 31.5 Å². The summed E-state index contributed by atoms with van der Waals surface area (Å²) in [5.41, 5.74) is 3.99. The summed E-state index contributed by atoms with van der Waals surface area (Å²) in [6.45, 7) is 5.59. The van der Waals surface area contributed by atoms with E-state index in [-0.39, 0.29) is 11.9 Å². The van der Waals surface area contributed by atoms with Crippen LogP contribution in [-0.4, -0.2) is 54.0 Å². The van der Waals surface area contributed by atoms with E-state index in [1.165, 1.54) is 0 Å². The summed E-state index contributed by atoms with van der Waals surface area (Å²) < 4.78 is 0. The molecule has 3 amide bonds. The molecule has 2 fully saturated rings. The Hall–Kier alpha value is -3.37. The van der Waals surface area contributed by atoms with E-state index in [9.17, 15) is 9.59 Å². The minimum absolute atomic E-state index is 0.0885. The van der Waals surface area contributed by atoms with E-state index in [2.05, 4.69) is 21.6 Å². The quantitative estimate of drug-likeness (QED) is 0.782. The summed E-state index contributed by atoms with van der Waals surface area (Å²) >= 11 is 0. The number of hydrogen-bond acceptors (Lipinski definition) is 4. The molecule has 7 heteroatoms. The predicted molar refractivity (Wildman–Crippen MR) is 119 cm³/mol. The van der Waals surface area contributed by atoms with Gasteiger partial charge in [0.2, 0.25) is 0 Å².